The highest BCUT2D eigenvalue weighted by atomic mass is 32.2. The molecule has 1 aliphatic rings. The summed E-state index contributed by atoms with van der Waals surface area (Å²) in [5.74, 6) is -0.890. The van der Waals surface area contributed by atoms with Crippen LogP contribution in [0.15, 0.2) is 72.8 Å². The molecule has 0 radical (unpaired) electrons. The van der Waals surface area contributed by atoms with Crippen molar-refractivity contribution in [3.05, 3.63) is 95.1 Å². The molecule has 1 heterocycles. The number of aryl methyl sites for hydroxylation is 1. The normalized spacial score (nSPS) is 17.9. The van der Waals surface area contributed by atoms with E-state index in [1.165, 1.54) is 11.8 Å². The number of carbonyl (C=O) groups excluding carboxylic acids is 1. The Labute approximate surface area is 258 Å². The number of aliphatic carboxylic acids is 1. The first kappa shape index (κ1) is 32.7. The second kappa shape index (κ2) is 15.0. The average molecular weight is 625 g/mol. The Bertz CT molecular complexity index is 1510. The van der Waals surface area contributed by atoms with Crippen LogP contribution in [0.5, 0.6) is 0 Å². The van der Waals surface area contributed by atoms with E-state index in [-0.39, 0.29) is 11.8 Å². The van der Waals surface area contributed by atoms with Crippen LogP contribution in [0.3, 0.4) is 0 Å². The van der Waals surface area contributed by atoms with E-state index in [4.69, 9.17) is 4.74 Å². The van der Waals surface area contributed by atoms with Crippen LogP contribution >= 0.6 is 11.8 Å². The third-order valence-electron chi connectivity index (χ3n) is 7.93. The highest BCUT2D eigenvalue weighted by Gasteiger charge is 2.39. The Hall–Kier alpha value is -3.18. The van der Waals surface area contributed by atoms with Crippen molar-refractivity contribution in [2.45, 2.75) is 49.4 Å². The monoisotopic (exact) mass is 624 g/mol. The lowest BCUT2D eigenvalue weighted by Gasteiger charge is -2.24. The van der Waals surface area contributed by atoms with E-state index in [1.807, 2.05) is 79.9 Å². The molecule has 230 valence electrons. The van der Waals surface area contributed by atoms with Crippen molar-refractivity contribution in [3.63, 3.8) is 0 Å². The summed E-state index contributed by atoms with van der Waals surface area (Å²) >= 11 is 1.53. The second-order valence-corrected chi connectivity index (χ2v) is 14.3. The number of amides is 1. The third-order valence-corrected chi connectivity index (χ3v) is 10.7. The Kier molecular flexibility index (Phi) is 11.4. The number of carboxylic acids is 1. The number of carboxylic acid groups (broad SMARTS) is 1. The van der Waals surface area contributed by atoms with Crippen molar-refractivity contribution in [1.82, 2.24) is 10.2 Å². The van der Waals surface area contributed by atoms with Crippen LogP contribution in [-0.4, -0.2) is 79.9 Å². The van der Waals surface area contributed by atoms with Crippen LogP contribution in [-0.2, 0) is 31.7 Å². The van der Waals surface area contributed by atoms with E-state index >= 15 is 0 Å². The molecule has 2 N–H and O–H groups in total. The van der Waals surface area contributed by atoms with Crippen molar-refractivity contribution < 1.29 is 27.9 Å². The van der Waals surface area contributed by atoms with Crippen molar-refractivity contribution in [3.8, 4) is 11.1 Å². The maximum atomic E-state index is 13.4. The fraction of sp³-hybridized carbons (Fsp3) is 0.394. The van der Waals surface area contributed by atoms with Gasteiger partial charge >= 0.3 is 5.97 Å². The number of hydrogen-bond acceptors (Lipinski definition) is 7. The first-order valence-corrected chi connectivity index (χ1v) is 17.4. The summed E-state index contributed by atoms with van der Waals surface area (Å²) in [7, 11) is -1.77. The Balaban J connectivity index is 1.61. The molecule has 0 spiro atoms. The summed E-state index contributed by atoms with van der Waals surface area (Å²) in [6.07, 6.45) is 2.71. The quantitative estimate of drug-likeness (QED) is 0.263. The standard InChI is InChI=1S/C33H40N2O6S2/c1-23-9-7-8-12-28(23)30-17-25(13-14-29(30)32(36)34-31(33(37)38)15-16-42-3)19-35-20-27(18-26(35)21-41-2)43(39,40)22-24-10-5-4-6-11-24/h4-14,17,26-27,31H,15-16,18-22H2,1-3H3,(H,34,36)(H,37,38)/t26-,27-,31-/m1/s1. The number of sulfone groups is 1. The molecule has 0 aliphatic carbocycles. The lowest BCUT2D eigenvalue weighted by molar-refractivity contribution is -0.139. The molecule has 0 bridgehead atoms. The Morgan fingerprint density at radius 1 is 1.05 bits per heavy atom. The van der Waals surface area contributed by atoms with Crippen LogP contribution in [0.4, 0.5) is 0 Å². The van der Waals surface area contributed by atoms with E-state index in [2.05, 4.69) is 10.2 Å². The zero-order valence-corrected chi connectivity index (χ0v) is 26.5. The lowest BCUT2D eigenvalue weighted by Crippen LogP contribution is -2.41. The van der Waals surface area contributed by atoms with Gasteiger partial charge in [-0.3, -0.25) is 9.69 Å². The molecule has 3 atom stereocenters. The van der Waals surface area contributed by atoms with Gasteiger partial charge in [-0.2, -0.15) is 11.8 Å². The van der Waals surface area contributed by atoms with Crippen LogP contribution in [0.25, 0.3) is 11.1 Å². The zero-order valence-electron chi connectivity index (χ0n) is 24.9. The molecule has 8 nitrogen and oxygen atoms in total. The van der Waals surface area contributed by atoms with Crippen molar-refractivity contribution in [2.24, 2.45) is 0 Å². The zero-order chi connectivity index (χ0) is 31.0. The van der Waals surface area contributed by atoms with Crippen LogP contribution in [0, 0.1) is 6.92 Å². The topological polar surface area (TPSA) is 113 Å². The fourth-order valence-corrected chi connectivity index (χ4v) is 7.93. The molecule has 43 heavy (non-hydrogen) atoms. The Morgan fingerprint density at radius 2 is 1.77 bits per heavy atom. The van der Waals surface area contributed by atoms with Crippen molar-refractivity contribution in [1.29, 1.82) is 0 Å². The van der Waals surface area contributed by atoms with Gasteiger partial charge in [0.05, 0.1) is 17.6 Å². The Morgan fingerprint density at radius 3 is 2.44 bits per heavy atom. The number of thioether (sulfide) groups is 1. The van der Waals surface area contributed by atoms with E-state index in [1.54, 1.807) is 13.2 Å². The summed E-state index contributed by atoms with van der Waals surface area (Å²) in [6.45, 7) is 3.26. The molecule has 0 saturated carbocycles. The highest BCUT2D eigenvalue weighted by Crippen LogP contribution is 2.31. The molecule has 1 amide bonds. The second-order valence-electron chi connectivity index (χ2n) is 11.0. The van der Waals surface area contributed by atoms with Crippen molar-refractivity contribution in [2.75, 3.05) is 32.3 Å². The number of likely N-dealkylation sites (tertiary alicyclic amines) is 1. The van der Waals surface area contributed by atoms with Crippen LogP contribution in [0.2, 0.25) is 0 Å². The molecule has 3 aromatic rings. The van der Waals surface area contributed by atoms with Gasteiger partial charge < -0.3 is 15.2 Å². The van der Waals surface area contributed by atoms with Gasteiger partial charge in [0.25, 0.3) is 5.91 Å². The molecule has 1 aliphatic heterocycles. The number of hydrogen-bond donors (Lipinski definition) is 2. The maximum Gasteiger partial charge on any atom is 0.326 e. The first-order chi connectivity index (χ1) is 20.6. The smallest absolute Gasteiger partial charge is 0.326 e. The summed E-state index contributed by atoms with van der Waals surface area (Å²) in [6, 6.07) is 21.5. The molecular weight excluding hydrogens is 585 g/mol. The van der Waals surface area contributed by atoms with Crippen LogP contribution < -0.4 is 5.32 Å². The minimum atomic E-state index is -3.39. The molecule has 0 aromatic heterocycles. The minimum Gasteiger partial charge on any atom is -0.480 e. The number of benzene rings is 3. The van der Waals surface area contributed by atoms with E-state index in [0.717, 1.165) is 22.3 Å². The van der Waals surface area contributed by atoms with E-state index in [0.29, 0.717) is 49.4 Å². The van der Waals surface area contributed by atoms with Crippen molar-refractivity contribution >= 4 is 33.5 Å². The number of nitrogens with one attached hydrogen (secondary N) is 1. The van der Waals surface area contributed by atoms with Crippen LogP contribution in [0.1, 0.15) is 39.9 Å². The molecule has 0 unspecified atom stereocenters. The molecule has 10 heteroatoms. The largest absolute Gasteiger partial charge is 0.480 e. The minimum absolute atomic E-state index is 0.00156. The lowest BCUT2D eigenvalue weighted by atomic mass is 9.93. The summed E-state index contributed by atoms with van der Waals surface area (Å²) in [4.78, 5) is 27.4. The van der Waals surface area contributed by atoms with E-state index < -0.39 is 33.0 Å². The molecule has 1 saturated heterocycles. The van der Waals surface area contributed by atoms with Gasteiger partial charge in [0.15, 0.2) is 9.84 Å². The number of rotatable bonds is 14. The van der Waals surface area contributed by atoms with Gasteiger partial charge in [0.2, 0.25) is 0 Å². The van der Waals surface area contributed by atoms with Gasteiger partial charge in [-0.15, -0.1) is 0 Å². The molecule has 4 rings (SSSR count). The predicted octanol–water partition coefficient (Wildman–Crippen LogP) is 4.80. The fourth-order valence-electron chi connectivity index (χ4n) is 5.63. The SMILES string of the molecule is COC[C@H]1C[C@@H](S(=O)(=O)Cc2ccccc2)CN1Cc1ccc(C(=O)N[C@H](CCSC)C(=O)O)c(-c2ccccc2C)c1. The summed E-state index contributed by atoms with van der Waals surface area (Å²) in [5.41, 5.74) is 4.67. The predicted molar refractivity (Wildman–Crippen MR) is 172 cm³/mol. The third kappa shape index (κ3) is 8.47. The number of methoxy groups -OCH3 is 1. The van der Waals surface area contributed by atoms with Gasteiger partial charge in [-0.25, -0.2) is 13.2 Å². The van der Waals surface area contributed by atoms with Gasteiger partial charge in [-0.05, 0) is 71.7 Å². The maximum absolute atomic E-state index is 13.4. The molecule has 1 fully saturated rings. The molecule has 3 aromatic carbocycles. The first-order valence-electron chi connectivity index (χ1n) is 14.3. The van der Waals surface area contributed by atoms with Gasteiger partial charge in [0, 0.05) is 31.8 Å². The number of carbonyl (C=O) groups is 2. The average Bonchev–Trinajstić information content (AvgIpc) is 3.39. The summed E-state index contributed by atoms with van der Waals surface area (Å²) in [5, 5.41) is 11.9. The molecular formula is C33H40N2O6S2. The van der Waals surface area contributed by atoms with E-state index in [9.17, 15) is 23.1 Å². The van der Waals surface area contributed by atoms with Gasteiger partial charge in [0.1, 0.15) is 6.04 Å². The van der Waals surface area contributed by atoms with Gasteiger partial charge in [-0.1, -0.05) is 60.7 Å². The highest BCUT2D eigenvalue weighted by molar-refractivity contribution is 7.98. The number of nitrogens with zero attached hydrogens (tertiary/aromatic N) is 1. The number of ether oxygens (including phenoxy) is 1. The summed E-state index contributed by atoms with van der Waals surface area (Å²) < 4.78 is 32.3.